The van der Waals surface area contributed by atoms with Gasteiger partial charge in [-0.2, -0.15) is 9.78 Å². The van der Waals surface area contributed by atoms with Crippen molar-refractivity contribution in [2.45, 2.75) is 13.0 Å². The highest BCUT2D eigenvalue weighted by Gasteiger charge is 2.35. The summed E-state index contributed by atoms with van der Waals surface area (Å²) >= 11 is 0. The summed E-state index contributed by atoms with van der Waals surface area (Å²) in [6.45, 7) is -1.68. The number of hydrogen-bond acceptors (Lipinski definition) is 5. The van der Waals surface area contributed by atoms with Crippen molar-refractivity contribution < 1.29 is 24.0 Å². The molecule has 5 heteroatoms. The molecule has 2 atom stereocenters. The van der Waals surface area contributed by atoms with Crippen LogP contribution >= 0.6 is 0 Å². The third-order valence-corrected chi connectivity index (χ3v) is 1.73. The molecule has 2 bridgehead atoms. The molecule has 2 aliphatic rings. The molecule has 2 unspecified atom stereocenters. The molecule has 0 saturated carbocycles. The van der Waals surface area contributed by atoms with Gasteiger partial charge in [-0.25, -0.2) is 0 Å². The maximum absolute atomic E-state index is 5.25. The van der Waals surface area contributed by atoms with Crippen molar-refractivity contribution in [3.63, 3.8) is 0 Å². The standard InChI is InChI=1S/C8H6O5/c1-2-4-6-5(3-1)9-7-11-8(10-6)13-12-7/h1-4,7-8H. The smallest absolute Gasteiger partial charge is 0.349 e. The molecule has 2 aliphatic heterocycles. The zero-order chi connectivity index (χ0) is 8.67. The van der Waals surface area contributed by atoms with E-state index in [1.165, 1.54) is 0 Å². The summed E-state index contributed by atoms with van der Waals surface area (Å²) in [6, 6.07) is 7.20. The molecule has 1 fully saturated rings. The summed E-state index contributed by atoms with van der Waals surface area (Å²) < 4.78 is 15.5. The second kappa shape index (κ2) is 2.59. The van der Waals surface area contributed by atoms with Gasteiger partial charge >= 0.3 is 13.0 Å². The molecule has 68 valence electrons. The fourth-order valence-electron chi connectivity index (χ4n) is 1.17. The van der Waals surface area contributed by atoms with Gasteiger partial charge in [-0.3, -0.25) is 4.74 Å². The van der Waals surface area contributed by atoms with Gasteiger partial charge in [0.05, 0.1) is 0 Å². The molecule has 0 aliphatic carbocycles. The molecule has 1 aromatic carbocycles. The first-order valence-electron chi connectivity index (χ1n) is 3.82. The lowest BCUT2D eigenvalue weighted by molar-refractivity contribution is -0.355. The maximum atomic E-state index is 5.25. The lowest BCUT2D eigenvalue weighted by Crippen LogP contribution is -2.17. The van der Waals surface area contributed by atoms with Gasteiger partial charge in [-0.15, -0.1) is 0 Å². The van der Waals surface area contributed by atoms with E-state index in [-0.39, 0.29) is 0 Å². The first kappa shape index (κ1) is 7.14. The van der Waals surface area contributed by atoms with Crippen molar-refractivity contribution in [1.29, 1.82) is 0 Å². The van der Waals surface area contributed by atoms with Gasteiger partial charge in [0, 0.05) is 0 Å². The molecule has 0 amide bonds. The molecule has 13 heavy (non-hydrogen) atoms. The average Bonchev–Trinajstić information content (AvgIpc) is 2.48. The summed E-state index contributed by atoms with van der Waals surface area (Å²) in [5.74, 6) is 1.16. The van der Waals surface area contributed by atoms with Crippen molar-refractivity contribution in [1.82, 2.24) is 0 Å². The molecule has 2 heterocycles. The van der Waals surface area contributed by atoms with Crippen LogP contribution in [0.5, 0.6) is 11.5 Å². The van der Waals surface area contributed by atoms with Crippen LogP contribution in [0.3, 0.4) is 0 Å². The molecule has 1 aromatic rings. The van der Waals surface area contributed by atoms with E-state index in [1.54, 1.807) is 12.1 Å². The highest BCUT2D eigenvalue weighted by molar-refractivity contribution is 5.39. The Morgan fingerprint density at radius 3 is 1.92 bits per heavy atom. The summed E-state index contributed by atoms with van der Waals surface area (Å²) in [5.41, 5.74) is 0. The summed E-state index contributed by atoms with van der Waals surface area (Å²) in [6.07, 6.45) is 0. The Kier molecular flexibility index (Phi) is 1.42. The van der Waals surface area contributed by atoms with Gasteiger partial charge < -0.3 is 9.47 Å². The van der Waals surface area contributed by atoms with Crippen LogP contribution in [0.4, 0.5) is 0 Å². The van der Waals surface area contributed by atoms with Crippen LogP contribution in [0.25, 0.3) is 0 Å². The van der Waals surface area contributed by atoms with Crippen LogP contribution in [0.15, 0.2) is 24.3 Å². The zero-order valence-electron chi connectivity index (χ0n) is 6.51. The molecule has 1 saturated heterocycles. The van der Waals surface area contributed by atoms with E-state index < -0.39 is 13.0 Å². The minimum Gasteiger partial charge on any atom is -0.435 e. The Labute approximate surface area is 73.6 Å². The first-order valence-corrected chi connectivity index (χ1v) is 3.82. The normalized spacial score (nSPS) is 29.8. The minimum absolute atomic E-state index is 0.582. The SMILES string of the molecule is c1ccc2c(c1)OC1OOC(O2)O1. The van der Waals surface area contributed by atoms with Crippen molar-refractivity contribution in [2.75, 3.05) is 0 Å². The van der Waals surface area contributed by atoms with E-state index in [0.29, 0.717) is 11.5 Å². The summed E-state index contributed by atoms with van der Waals surface area (Å²) in [4.78, 5) is 9.29. The van der Waals surface area contributed by atoms with E-state index in [1.807, 2.05) is 12.1 Å². The summed E-state index contributed by atoms with van der Waals surface area (Å²) in [7, 11) is 0. The second-order valence-electron chi connectivity index (χ2n) is 2.59. The third-order valence-electron chi connectivity index (χ3n) is 1.73. The first-order chi connectivity index (χ1) is 6.42. The predicted octanol–water partition coefficient (Wildman–Crippen LogP) is 1.00. The van der Waals surface area contributed by atoms with Gasteiger partial charge in [-0.1, -0.05) is 12.1 Å². The molecule has 0 radical (unpaired) electrons. The van der Waals surface area contributed by atoms with Crippen molar-refractivity contribution in [3.05, 3.63) is 24.3 Å². The maximum Gasteiger partial charge on any atom is 0.349 e. The van der Waals surface area contributed by atoms with E-state index in [9.17, 15) is 0 Å². The van der Waals surface area contributed by atoms with Crippen LogP contribution in [0.1, 0.15) is 0 Å². The Morgan fingerprint density at radius 2 is 1.38 bits per heavy atom. The van der Waals surface area contributed by atoms with Crippen molar-refractivity contribution >= 4 is 0 Å². The highest BCUT2D eigenvalue weighted by Crippen LogP contribution is 2.34. The van der Waals surface area contributed by atoms with Crippen LogP contribution < -0.4 is 9.47 Å². The lowest BCUT2D eigenvalue weighted by Gasteiger charge is -2.11. The topological polar surface area (TPSA) is 46.2 Å². The fourth-order valence-corrected chi connectivity index (χ4v) is 1.17. The monoisotopic (exact) mass is 182 g/mol. The number of benzene rings is 1. The molecule has 3 rings (SSSR count). The van der Waals surface area contributed by atoms with E-state index >= 15 is 0 Å². The Bertz CT molecular complexity index is 295. The quantitative estimate of drug-likeness (QED) is 0.560. The lowest BCUT2D eigenvalue weighted by atomic mass is 10.3. The molecule has 0 N–H and O–H groups in total. The molecule has 5 nitrogen and oxygen atoms in total. The number of ether oxygens (including phenoxy) is 3. The van der Waals surface area contributed by atoms with Gasteiger partial charge in [0.1, 0.15) is 0 Å². The third kappa shape index (κ3) is 1.14. The van der Waals surface area contributed by atoms with Crippen LogP contribution in [0.2, 0.25) is 0 Å². The second-order valence-corrected chi connectivity index (χ2v) is 2.59. The van der Waals surface area contributed by atoms with Crippen LogP contribution in [-0.4, -0.2) is 13.0 Å². The number of hydrogen-bond donors (Lipinski definition) is 0. The van der Waals surface area contributed by atoms with Gasteiger partial charge in [-0.05, 0) is 12.1 Å². The molecule has 0 spiro atoms. The number of fused-ring (bicyclic) bond motifs is 3. The van der Waals surface area contributed by atoms with Crippen molar-refractivity contribution in [3.8, 4) is 11.5 Å². The largest absolute Gasteiger partial charge is 0.435 e. The minimum atomic E-state index is -0.839. The molecule has 0 aromatic heterocycles. The number of para-hydroxylation sites is 2. The summed E-state index contributed by atoms with van der Waals surface area (Å²) in [5, 5.41) is 0. The predicted molar refractivity (Wildman–Crippen MR) is 38.5 cm³/mol. The molecular formula is C8H6O5. The zero-order valence-corrected chi connectivity index (χ0v) is 6.51. The number of rotatable bonds is 0. The Morgan fingerprint density at radius 1 is 0.846 bits per heavy atom. The Hall–Kier alpha value is -1.30. The highest BCUT2D eigenvalue weighted by atomic mass is 17.3. The molecular weight excluding hydrogens is 176 g/mol. The van der Waals surface area contributed by atoms with Crippen LogP contribution in [0, 0.1) is 0 Å². The van der Waals surface area contributed by atoms with E-state index in [0.717, 1.165) is 0 Å². The van der Waals surface area contributed by atoms with E-state index in [2.05, 4.69) is 9.78 Å². The Balaban J connectivity index is 2.01. The van der Waals surface area contributed by atoms with Gasteiger partial charge in [0.2, 0.25) is 0 Å². The van der Waals surface area contributed by atoms with Gasteiger partial charge in [0.25, 0.3) is 0 Å². The average molecular weight is 182 g/mol. The van der Waals surface area contributed by atoms with E-state index in [4.69, 9.17) is 14.2 Å². The van der Waals surface area contributed by atoms with Crippen LogP contribution in [-0.2, 0) is 14.5 Å². The van der Waals surface area contributed by atoms with Crippen molar-refractivity contribution in [2.24, 2.45) is 0 Å². The fraction of sp³-hybridized carbons (Fsp3) is 0.250. The van der Waals surface area contributed by atoms with Gasteiger partial charge in [0.15, 0.2) is 11.5 Å².